The van der Waals surface area contributed by atoms with E-state index in [2.05, 4.69) is 12.1 Å². The highest BCUT2D eigenvalue weighted by atomic mass is 32.2. The van der Waals surface area contributed by atoms with Gasteiger partial charge in [-0.05, 0) is 64.5 Å². The van der Waals surface area contributed by atoms with E-state index in [9.17, 15) is 13.2 Å². The van der Waals surface area contributed by atoms with Crippen LogP contribution in [-0.4, -0.2) is 54.4 Å². The van der Waals surface area contributed by atoms with Crippen molar-refractivity contribution in [2.75, 3.05) is 19.6 Å². The number of rotatable bonds is 5. The van der Waals surface area contributed by atoms with Crippen molar-refractivity contribution in [2.45, 2.75) is 63.8 Å². The van der Waals surface area contributed by atoms with Crippen molar-refractivity contribution in [2.24, 2.45) is 5.92 Å². The fraction of sp³-hybridized carbons (Fsp3) is 0.520. The number of aromatic nitrogens is 1. The Kier molecular flexibility index (Phi) is 7.05. The highest BCUT2D eigenvalue weighted by molar-refractivity contribution is 7.89. The minimum Gasteiger partial charge on any atom is -0.355 e. The van der Waals surface area contributed by atoms with Gasteiger partial charge in [-0.3, -0.25) is 4.79 Å². The molecule has 8 heteroatoms. The molecule has 1 aromatic heterocycles. The second-order valence-electron chi connectivity index (χ2n) is 9.26. The van der Waals surface area contributed by atoms with Crippen molar-refractivity contribution >= 4 is 28.1 Å². The molecule has 2 aliphatic rings. The monoisotopic (exact) mass is 471 g/mol. The van der Waals surface area contributed by atoms with E-state index in [0.29, 0.717) is 31.6 Å². The Morgan fingerprint density at radius 3 is 2.39 bits per heavy atom. The van der Waals surface area contributed by atoms with Crippen LogP contribution in [0.2, 0.25) is 0 Å². The fourth-order valence-electron chi connectivity index (χ4n) is 4.78. The van der Waals surface area contributed by atoms with E-state index in [1.807, 2.05) is 42.2 Å². The van der Waals surface area contributed by atoms with Gasteiger partial charge in [-0.1, -0.05) is 41.1 Å². The van der Waals surface area contributed by atoms with E-state index in [0.717, 1.165) is 30.5 Å². The summed E-state index contributed by atoms with van der Waals surface area (Å²) in [6.07, 6.45) is 7.83. The number of aryl methyl sites for hydroxylation is 2. The first-order valence-electron chi connectivity index (χ1n) is 11.8. The number of benzene rings is 1. The molecule has 0 N–H and O–H groups in total. The SMILES string of the molecule is Cc1ccc(/C=C/c2onc(C)c2S(=O)(=O)N2CCC(C(=O)N3CCCC[C@H]3C)CC2)cc1. The zero-order chi connectivity index (χ0) is 23.6. The van der Waals surface area contributed by atoms with Crippen LogP contribution < -0.4 is 0 Å². The number of piperidine rings is 2. The molecule has 1 aromatic carbocycles. The van der Waals surface area contributed by atoms with Crippen molar-refractivity contribution in [3.8, 4) is 0 Å². The molecule has 0 unspecified atom stereocenters. The molecule has 1 amide bonds. The van der Waals surface area contributed by atoms with Crippen LogP contribution >= 0.6 is 0 Å². The van der Waals surface area contributed by atoms with E-state index < -0.39 is 10.0 Å². The molecule has 2 aromatic rings. The number of hydrogen-bond acceptors (Lipinski definition) is 5. The molecule has 0 spiro atoms. The van der Waals surface area contributed by atoms with Gasteiger partial charge in [0.1, 0.15) is 5.69 Å². The first kappa shape index (κ1) is 23.7. The molecule has 1 atom stereocenters. The molecular formula is C25H33N3O4S. The van der Waals surface area contributed by atoms with E-state index in [4.69, 9.17) is 4.52 Å². The van der Waals surface area contributed by atoms with Gasteiger partial charge in [0, 0.05) is 31.6 Å². The van der Waals surface area contributed by atoms with Crippen LogP contribution in [0.4, 0.5) is 0 Å². The Hall–Kier alpha value is -2.45. The van der Waals surface area contributed by atoms with Gasteiger partial charge in [0.15, 0.2) is 10.7 Å². The highest BCUT2D eigenvalue weighted by Crippen LogP contribution is 2.30. The summed E-state index contributed by atoms with van der Waals surface area (Å²) in [7, 11) is -3.77. The number of sulfonamides is 1. The maximum absolute atomic E-state index is 13.5. The van der Waals surface area contributed by atoms with Crippen LogP contribution in [0, 0.1) is 19.8 Å². The molecule has 7 nitrogen and oxygen atoms in total. The summed E-state index contributed by atoms with van der Waals surface area (Å²) >= 11 is 0. The fourth-order valence-corrected chi connectivity index (χ4v) is 6.50. The van der Waals surface area contributed by atoms with Crippen LogP contribution in [-0.2, 0) is 14.8 Å². The molecule has 0 bridgehead atoms. The largest absolute Gasteiger partial charge is 0.355 e. The third-order valence-electron chi connectivity index (χ3n) is 6.82. The average Bonchev–Trinajstić information content (AvgIpc) is 3.20. The molecule has 0 aliphatic carbocycles. The Balaban J connectivity index is 1.46. The van der Waals surface area contributed by atoms with Gasteiger partial charge in [-0.2, -0.15) is 4.31 Å². The normalized spacial score (nSPS) is 21.1. The third-order valence-corrected chi connectivity index (χ3v) is 8.88. The number of amides is 1. The van der Waals surface area contributed by atoms with Gasteiger partial charge in [0.2, 0.25) is 15.9 Å². The Morgan fingerprint density at radius 1 is 1.03 bits per heavy atom. The average molecular weight is 472 g/mol. The molecule has 0 saturated carbocycles. The molecule has 33 heavy (non-hydrogen) atoms. The molecule has 3 heterocycles. The van der Waals surface area contributed by atoms with E-state index in [1.54, 1.807) is 13.0 Å². The maximum Gasteiger partial charge on any atom is 0.248 e. The Labute approximate surface area is 196 Å². The summed E-state index contributed by atoms with van der Waals surface area (Å²) in [5.74, 6) is 0.303. The lowest BCUT2D eigenvalue weighted by atomic mass is 9.94. The van der Waals surface area contributed by atoms with Crippen LogP contribution in [0.15, 0.2) is 33.7 Å². The predicted octanol–water partition coefficient (Wildman–Crippen LogP) is 4.26. The Morgan fingerprint density at radius 2 is 1.73 bits per heavy atom. The minimum atomic E-state index is -3.77. The summed E-state index contributed by atoms with van der Waals surface area (Å²) in [6.45, 7) is 7.24. The maximum atomic E-state index is 13.5. The van der Waals surface area contributed by atoms with Crippen molar-refractivity contribution in [1.29, 1.82) is 0 Å². The lowest BCUT2D eigenvalue weighted by molar-refractivity contribution is -0.140. The molecular weight excluding hydrogens is 438 g/mol. The van der Waals surface area contributed by atoms with Crippen molar-refractivity contribution in [3.05, 3.63) is 46.8 Å². The van der Waals surface area contributed by atoms with Gasteiger partial charge >= 0.3 is 0 Å². The van der Waals surface area contributed by atoms with Crippen molar-refractivity contribution in [3.63, 3.8) is 0 Å². The first-order chi connectivity index (χ1) is 15.8. The standard InChI is InChI=1S/C25H33N3O4S/c1-18-7-9-21(10-8-18)11-12-23-24(20(3)26-32-23)33(30,31)27-16-13-22(14-17-27)25(29)28-15-5-4-6-19(28)2/h7-12,19,22H,4-6,13-17H2,1-3H3/b12-11+/t19-/m1/s1. The zero-order valence-corrected chi connectivity index (χ0v) is 20.5. The van der Waals surface area contributed by atoms with Gasteiger partial charge < -0.3 is 9.42 Å². The number of nitrogens with zero attached hydrogens (tertiary/aromatic N) is 3. The predicted molar refractivity (Wildman–Crippen MR) is 128 cm³/mol. The second-order valence-corrected chi connectivity index (χ2v) is 11.1. The lowest BCUT2D eigenvalue weighted by Gasteiger charge is -2.38. The minimum absolute atomic E-state index is 0.110. The van der Waals surface area contributed by atoms with Gasteiger partial charge in [0.05, 0.1) is 0 Å². The van der Waals surface area contributed by atoms with Gasteiger partial charge in [-0.25, -0.2) is 8.42 Å². The van der Waals surface area contributed by atoms with Crippen LogP contribution in [0.1, 0.15) is 61.6 Å². The number of likely N-dealkylation sites (tertiary alicyclic amines) is 1. The summed E-state index contributed by atoms with van der Waals surface area (Å²) in [6, 6.07) is 8.20. The number of carbonyl (C=O) groups excluding carboxylic acids is 1. The number of hydrogen-bond donors (Lipinski definition) is 0. The van der Waals surface area contributed by atoms with E-state index >= 15 is 0 Å². The first-order valence-corrected chi connectivity index (χ1v) is 13.2. The quantitative estimate of drug-likeness (QED) is 0.650. The summed E-state index contributed by atoms with van der Waals surface area (Å²) in [4.78, 5) is 15.1. The molecule has 2 aliphatic heterocycles. The summed E-state index contributed by atoms with van der Waals surface area (Å²) < 4.78 is 33.8. The van der Waals surface area contributed by atoms with Crippen LogP contribution in [0.25, 0.3) is 12.2 Å². The summed E-state index contributed by atoms with van der Waals surface area (Å²) in [5, 5.41) is 3.92. The summed E-state index contributed by atoms with van der Waals surface area (Å²) in [5.41, 5.74) is 2.45. The Bertz CT molecular complexity index is 1110. The lowest BCUT2D eigenvalue weighted by Crippen LogP contribution is -2.48. The van der Waals surface area contributed by atoms with Crippen molar-refractivity contribution < 1.29 is 17.7 Å². The van der Waals surface area contributed by atoms with E-state index in [1.165, 1.54) is 10.7 Å². The number of carbonyl (C=O) groups is 1. The molecule has 0 radical (unpaired) electrons. The molecule has 178 valence electrons. The van der Waals surface area contributed by atoms with Gasteiger partial charge in [-0.15, -0.1) is 0 Å². The van der Waals surface area contributed by atoms with Crippen LogP contribution in [0.3, 0.4) is 0 Å². The smallest absolute Gasteiger partial charge is 0.248 e. The van der Waals surface area contributed by atoms with E-state index in [-0.39, 0.29) is 28.5 Å². The molecule has 2 fully saturated rings. The molecule has 4 rings (SSSR count). The highest BCUT2D eigenvalue weighted by Gasteiger charge is 2.37. The second kappa shape index (κ2) is 9.81. The van der Waals surface area contributed by atoms with Gasteiger partial charge in [0.25, 0.3) is 0 Å². The topological polar surface area (TPSA) is 83.7 Å². The third kappa shape index (κ3) is 5.06. The van der Waals surface area contributed by atoms with Crippen LogP contribution in [0.5, 0.6) is 0 Å². The molecule has 2 saturated heterocycles. The zero-order valence-electron chi connectivity index (χ0n) is 19.7. The van der Waals surface area contributed by atoms with Crippen molar-refractivity contribution in [1.82, 2.24) is 14.4 Å².